The van der Waals surface area contributed by atoms with Crippen LogP contribution in [0.2, 0.25) is 5.02 Å². The number of aromatic nitrogens is 1. The van der Waals surface area contributed by atoms with Gasteiger partial charge in [-0.1, -0.05) is 17.7 Å². The fraction of sp³-hybridized carbons (Fsp3) is 0.294. The van der Waals surface area contributed by atoms with Gasteiger partial charge in [0, 0.05) is 25.0 Å². The van der Waals surface area contributed by atoms with Crippen molar-refractivity contribution in [1.82, 2.24) is 10.3 Å². The molecular formula is C17H20Cl3N3O3. The summed E-state index contributed by atoms with van der Waals surface area (Å²) < 4.78 is 11.1. The second kappa shape index (κ2) is 11.2. The Morgan fingerprint density at radius 2 is 2.19 bits per heavy atom. The summed E-state index contributed by atoms with van der Waals surface area (Å²) in [4.78, 5) is 16.3. The molecule has 2 aromatic rings. The third-order valence-corrected chi connectivity index (χ3v) is 3.82. The number of hydrogen-bond donors (Lipinski definition) is 2. The largest absolute Gasteiger partial charge is 0.486 e. The van der Waals surface area contributed by atoms with Gasteiger partial charge in [-0.25, -0.2) is 0 Å². The van der Waals surface area contributed by atoms with Crippen LogP contribution in [0.3, 0.4) is 0 Å². The number of ether oxygens (including phenoxy) is 2. The Labute approximate surface area is 169 Å². The molecule has 0 aliphatic carbocycles. The number of pyridine rings is 1. The molecule has 1 aliphatic rings. The molecule has 1 aromatic heterocycles. The number of benzene rings is 1. The summed E-state index contributed by atoms with van der Waals surface area (Å²) in [5.74, 6) is 0.344. The lowest BCUT2D eigenvalue weighted by atomic mass is 10.2. The van der Waals surface area contributed by atoms with E-state index in [1.54, 1.807) is 24.4 Å². The summed E-state index contributed by atoms with van der Waals surface area (Å²) in [5.41, 5.74) is 1.41. The smallest absolute Gasteiger partial charge is 0.254 e. The maximum atomic E-state index is 12.1. The van der Waals surface area contributed by atoms with Crippen molar-refractivity contribution in [3.8, 4) is 5.75 Å². The first-order valence-corrected chi connectivity index (χ1v) is 8.05. The van der Waals surface area contributed by atoms with E-state index < -0.39 is 6.10 Å². The molecule has 1 atom stereocenters. The number of rotatable bonds is 5. The van der Waals surface area contributed by atoms with Gasteiger partial charge in [-0.3, -0.25) is 9.78 Å². The first kappa shape index (κ1) is 22.5. The molecule has 1 saturated heterocycles. The third kappa shape index (κ3) is 6.30. The summed E-state index contributed by atoms with van der Waals surface area (Å²) in [6.07, 6.45) is 1.22. The van der Waals surface area contributed by atoms with Crippen LogP contribution >= 0.6 is 36.4 Å². The summed E-state index contributed by atoms with van der Waals surface area (Å²) in [5, 5.41) is 6.34. The minimum atomic E-state index is -0.488. The van der Waals surface area contributed by atoms with E-state index in [2.05, 4.69) is 15.6 Å². The van der Waals surface area contributed by atoms with Crippen LogP contribution in [-0.4, -0.2) is 36.7 Å². The van der Waals surface area contributed by atoms with Gasteiger partial charge in [0.2, 0.25) is 0 Å². The lowest BCUT2D eigenvalue weighted by Gasteiger charge is -2.22. The van der Waals surface area contributed by atoms with E-state index >= 15 is 0 Å². The van der Waals surface area contributed by atoms with Gasteiger partial charge in [0.15, 0.2) is 0 Å². The molecule has 2 N–H and O–H groups in total. The number of amides is 1. The van der Waals surface area contributed by atoms with Gasteiger partial charge in [-0.05, 0) is 30.3 Å². The predicted molar refractivity (Wildman–Crippen MR) is 106 cm³/mol. The molecule has 1 aromatic carbocycles. The first-order chi connectivity index (χ1) is 11.7. The molecule has 1 unspecified atom stereocenters. The van der Waals surface area contributed by atoms with E-state index in [0.29, 0.717) is 36.2 Å². The Morgan fingerprint density at radius 1 is 1.35 bits per heavy atom. The zero-order valence-electron chi connectivity index (χ0n) is 13.8. The van der Waals surface area contributed by atoms with Gasteiger partial charge in [-0.2, -0.15) is 0 Å². The lowest BCUT2D eigenvalue weighted by molar-refractivity contribution is -0.128. The molecule has 3 rings (SSSR count). The highest BCUT2D eigenvalue weighted by Gasteiger charge is 2.21. The summed E-state index contributed by atoms with van der Waals surface area (Å²) in [6.45, 7) is 2.12. The van der Waals surface area contributed by atoms with Crippen molar-refractivity contribution in [2.75, 3.05) is 25.0 Å². The molecule has 0 spiro atoms. The van der Waals surface area contributed by atoms with Crippen LogP contribution in [0.1, 0.15) is 5.69 Å². The van der Waals surface area contributed by atoms with E-state index in [1.807, 2.05) is 18.2 Å². The standard InChI is InChI=1S/C17H18ClN3O3.2ClH/c18-14-9-12(21-17(22)16-10-19-7-8-23-16)4-5-15(14)24-11-13-3-1-2-6-20-13;;/h1-6,9,16,19H,7-8,10-11H2,(H,21,22);2*1H. The SMILES string of the molecule is Cl.Cl.O=C(Nc1ccc(OCc2ccccn2)c(Cl)c1)C1CNCCO1. The highest BCUT2D eigenvalue weighted by atomic mass is 35.5. The summed E-state index contributed by atoms with van der Waals surface area (Å²) >= 11 is 6.22. The normalized spacial score (nSPS) is 16.0. The van der Waals surface area contributed by atoms with Crippen LogP contribution in [0.5, 0.6) is 5.75 Å². The fourth-order valence-corrected chi connectivity index (χ4v) is 2.52. The minimum Gasteiger partial charge on any atom is -0.486 e. The number of carbonyl (C=O) groups is 1. The van der Waals surface area contributed by atoms with Gasteiger partial charge in [-0.15, -0.1) is 24.8 Å². The average molecular weight is 421 g/mol. The Morgan fingerprint density at radius 3 is 2.85 bits per heavy atom. The molecule has 1 fully saturated rings. The van der Waals surface area contributed by atoms with E-state index in [0.717, 1.165) is 12.2 Å². The molecule has 2 heterocycles. The zero-order chi connectivity index (χ0) is 16.8. The molecule has 0 radical (unpaired) electrons. The molecular weight excluding hydrogens is 401 g/mol. The highest BCUT2D eigenvalue weighted by molar-refractivity contribution is 6.32. The van der Waals surface area contributed by atoms with E-state index in [1.165, 1.54) is 0 Å². The molecule has 9 heteroatoms. The Kier molecular flexibility index (Phi) is 9.69. The van der Waals surface area contributed by atoms with Gasteiger partial charge in [0.25, 0.3) is 5.91 Å². The predicted octanol–water partition coefficient (Wildman–Crippen LogP) is 3.08. The summed E-state index contributed by atoms with van der Waals surface area (Å²) in [6, 6.07) is 10.7. The van der Waals surface area contributed by atoms with Crippen molar-refractivity contribution in [2.45, 2.75) is 12.7 Å². The quantitative estimate of drug-likeness (QED) is 0.778. The fourth-order valence-electron chi connectivity index (χ4n) is 2.29. The second-order valence-electron chi connectivity index (χ2n) is 5.31. The topological polar surface area (TPSA) is 72.5 Å². The Hall–Kier alpha value is -1.57. The lowest BCUT2D eigenvalue weighted by Crippen LogP contribution is -2.45. The average Bonchev–Trinajstić information content (AvgIpc) is 2.62. The number of halogens is 3. The van der Waals surface area contributed by atoms with Gasteiger partial charge in [0.1, 0.15) is 18.5 Å². The molecule has 6 nitrogen and oxygen atoms in total. The van der Waals surface area contributed by atoms with Crippen molar-refractivity contribution >= 4 is 48.0 Å². The second-order valence-corrected chi connectivity index (χ2v) is 5.71. The molecule has 0 saturated carbocycles. The van der Waals surface area contributed by atoms with Crippen LogP contribution in [-0.2, 0) is 16.1 Å². The van der Waals surface area contributed by atoms with Crippen molar-refractivity contribution in [3.05, 3.63) is 53.3 Å². The van der Waals surface area contributed by atoms with Gasteiger partial charge in [0.05, 0.1) is 17.3 Å². The number of hydrogen-bond acceptors (Lipinski definition) is 5. The Balaban J connectivity index is 0.00000169. The minimum absolute atomic E-state index is 0. The number of morpholine rings is 1. The van der Waals surface area contributed by atoms with E-state index in [9.17, 15) is 4.79 Å². The molecule has 1 amide bonds. The van der Waals surface area contributed by atoms with Gasteiger partial charge < -0.3 is 20.1 Å². The monoisotopic (exact) mass is 419 g/mol. The summed E-state index contributed by atoms with van der Waals surface area (Å²) in [7, 11) is 0. The van der Waals surface area contributed by atoms with Crippen molar-refractivity contribution in [2.24, 2.45) is 0 Å². The van der Waals surface area contributed by atoms with Crippen LogP contribution in [0.4, 0.5) is 5.69 Å². The van der Waals surface area contributed by atoms with Crippen LogP contribution in [0.25, 0.3) is 0 Å². The first-order valence-electron chi connectivity index (χ1n) is 7.68. The van der Waals surface area contributed by atoms with E-state index in [-0.39, 0.29) is 30.7 Å². The van der Waals surface area contributed by atoms with Crippen LogP contribution < -0.4 is 15.4 Å². The van der Waals surface area contributed by atoms with Crippen molar-refractivity contribution < 1.29 is 14.3 Å². The van der Waals surface area contributed by atoms with Crippen molar-refractivity contribution in [1.29, 1.82) is 0 Å². The van der Waals surface area contributed by atoms with Gasteiger partial charge >= 0.3 is 0 Å². The molecule has 0 bridgehead atoms. The van der Waals surface area contributed by atoms with E-state index in [4.69, 9.17) is 21.1 Å². The molecule has 26 heavy (non-hydrogen) atoms. The molecule has 1 aliphatic heterocycles. The number of carbonyl (C=O) groups excluding carboxylic acids is 1. The third-order valence-electron chi connectivity index (χ3n) is 3.52. The maximum Gasteiger partial charge on any atom is 0.254 e. The van der Waals surface area contributed by atoms with Crippen LogP contribution in [0, 0.1) is 0 Å². The number of nitrogens with zero attached hydrogens (tertiary/aromatic N) is 1. The zero-order valence-corrected chi connectivity index (χ0v) is 16.2. The van der Waals surface area contributed by atoms with Crippen LogP contribution in [0.15, 0.2) is 42.6 Å². The van der Waals surface area contributed by atoms with Crippen molar-refractivity contribution in [3.63, 3.8) is 0 Å². The number of anilines is 1. The Bertz CT molecular complexity index is 698. The maximum absolute atomic E-state index is 12.1. The highest BCUT2D eigenvalue weighted by Crippen LogP contribution is 2.28. The molecule has 142 valence electrons. The number of nitrogens with one attached hydrogen (secondary N) is 2.